The van der Waals surface area contributed by atoms with Gasteiger partial charge in [-0.1, -0.05) is 24.3 Å². The first kappa shape index (κ1) is 20.9. The monoisotopic (exact) mass is 406 g/mol. The van der Waals surface area contributed by atoms with Gasteiger partial charge < -0.3 is 10.6 Å². The van der Waals surface area contributed by atoms with Gasteiger partial charge in [-0.25, -0.2) is 8.42 Å². The summed E-state index contributed by atoms with van der Waals surface area (Å²) in [5.74, 6) is -1.71. The van der Waals surface area contributed by atoms with Crippen LogP contribution in [0.1, 0.15) is 21.3 Å². The van der Waals surface area contributed by atoms with E-state index in [0.717, 1.165) is 5.56 Å². The van der Waals surface area contributed by atoms with Crippen molar-refractivity contribution >= 4 is 33.0 Å². The number of hydrogen-bond donors (Lipinski definition) is 2. The molecule has 2 N–H and O–H groups in total. The molecular formula is C19H22N2O4S2. The molecule has 27 heavy (non-hydrogen) atoms. The summed E-state index contributed by atoms with van der Waals surface area (Å²) >= 11 is 1.29. The predicted molar refractivity (Wildman–Crippen MR) is 106 cm³/mol. The maximum absolute atomic E-state index is 13.3. The molecule has 0 spiro atoms. The Labute approximate surface area is 163 Å². The minimum atomic E-state index is -3.77. The van der Waals surface area contributed by atoms with E-state index in [1.54, 1.807) is 36.6 Å². The first-order valence-corrected chi connectivity index (χ1v) is 10.7. The molecule has 0 radical (unpaired) electrons. The Morgan fingerprint density at radius 2 is 1.89 bits per heavy atom. The molecule has 1 aromatic heterocycles. The third-order valence-electron chi connectivity index (χ3n) is 3.95. The van der Waals surface area contributed by atoms with Crippen molar-refractivity contribution in [1.82, 2.24) is 10.6 Å². The summed E-state index contributed by atoms with van der Waals surface area (Å²) in [4.78, 5) is 24.5. The van der Waals surface area contributed by atoms with E-state index >= 15 is 0 Å². The number of sulfone groups is 1. The van der Waals surface area contributed by atoms with Crippen LogP contribution in [0, 0.1) is 13.8 Å². The molecule has 0 aliphatic carbocycles. The Hall–Kier alpha value is -2.45. The van der Waals surface area contributed by atoms with Crippen LogP contribution < -0.4 is 10.6 Å². The lowest BCUT2D eigenvalue weighted by Crippen LogP contribution is -2.42. The summed E-state index contributed by atoms with van der Waals surface area (Å²) < 4.78 is 26.6. The molecule has 144 valence electrons. The molecule has 0 saturated carbocycles. The highest BCUT2D eigenvalue weighted by Gasteiger charge is 2.32. The van der Waals surface area contributed by atoms with Crippen LogP contribution >= 0.6 is 11.3 Å². The Morgan fingerprint density at radius 1 is 1.19 bits per heavy atom. The van der Waals surface area contributed by atoms with Gasteiger partial charge in [0.15, 0.2) is 9.84 Å². The third kappa shape index (κ3) is 5.05. The fraction of sp³-hybridized carbons (Fsp3) is 0.263. The second-order valence-electron chi connectivity index (χ2n) is 6.03. The number of nitrogens with one attached hydrogen (secondary N) is 2. The maximum Gasteiger partial charge on any atom is 0.309 e. The molecule has 1 atom stereocenters. The summed E-state index contributed by atoms with van der Waals surface area (Å²) in [5.41, 5.74) is 1.47. The zero-order chi connectivity index (χ0) is 20.0. The SMILES string of the molecule is C=CCNC(=O)C(=O)NC[C@H](c1cccs1)S(=O)(=O)c1cc(C)ccc1C. The van der Waals surface area contributed by atoms with Crippen molar-refractivity contribution in [2.45, 2.75) is 24.0 Å². The molecule has 2 rings (SSSR count). The van der Waals surface area contributed by atoms with Gasteiger partial charge in [0.25, 0.3) is 0 Å². The highest BCUT2D eigenvalue weighted by atomic mass is 32.2. The van der Waals surface area contributed by atoms with Gasteiger partial charge in [-0.3, -0.25) is 9.59 Å². The van der Waals surface area contributed by atoms with Crippen molar-refractivity contribution < 1.29 is 18.0 Å². The minimum absolute atomic E-state index is 0.154. The molecule has 0 saturated heterocycles. The molecule has 1 aromatic carbocycles. The van der Waals surface area contributed by atoms with E-state index < -0.39 is 26.9 Å². The van der Waals surface area contributed by atoms with E-state index in [1.165, 1.54) is 17.4 Å². The van der Waals surface area contributed by atoms with Crippen LogP contribution in [0.15, 0.2) is 53.3 Å². The molecule has 0 fully saturated rings. The number of rotatable bonds is 7. The van der Waals surface area contributed by atoms with Gasteiger partial charge in [0, 0.05) is 18.0 Å². The van der Waals surface area contributed by atoms with Crippen LogP contribution in [-0.4, -0.2) is 33.3 Å². The number of carbonyl (C=O) groups is 2. The topological polar surface area (TPSA) is 92.3 Å². The van der Waals surface area contributed by atoms with Gasteiger partial charge in [0.2, 0.25) is 0 Å². The Bertz CT molecular complexity index is 935. The van der Waals surface area contributed by atoms with E-state index in [9.17, 15) is 18.0 Å². The van der Waals surface area contributed by atoms with Gasteiger partial charge in [-0.15, -0.1) is 17.9 Å². The lowest BCUT2D eigenvalue weighted by atomic mass is 10.2. The second kappa shape index (κ2) is 8.96. The highest BCUT2D eigenvalue weighted by molar-refractivity contribution is 7.92. The first-order chi connectivity index (χ1) is 12.8. The lowest BCUT2D eigenvalue weighted by Gasteiger charge is -2.19. The van der Waals surface area contributed by atoms with E-state index in [0.29, 0.717) is 10.4 Å². The molecule has 8 heteroatoms. The number of hydrogen-bond acceptors (Lipinski definition) is 5. The van der Waals surface area contributed by atoms with Gasteiger partial charge in [-0.2, -0.15) is 0 Å². The summed E-state index contributed by atoms with van der Waals surface area (Å²) in [5, 5.41) is 5.59. The van der Waals surface area contributed by atoms with E-state index in [1.807, 2.05) is 13.0 Å². The highest BCUT2D eigenvalue weighted by Crippen LogP contribution is 2.33. The van der Waals surface area contributed by atoms with Gasteiger partial charge >= 0.3 is 11.8 Å². The number of aryl methyl sites for hydroxylation is 2. The van der Waals surface area contributed by atoms with Crippen molar-refractivity contribution in [2.24, 2.45) is 0 Å². The number of carbonyl (C=O) groups excluding carboxylic acids is 2. The second-order valence-corrected chi connectivity index (χ2v) is 9.10. The molecule has 2 amide bonds. The van der Waals surface area contributed by atoms with Crippen LogP contribution in [0.3, 0.4) is 0 Å². The molecule has 0 bridgehead atoms. The molecule has 6 nitrogen and oxygen atoms in total. The number of benzene rings is 1. The van der Waals surface area contributed by atoms with Crippen molar-refractivity contribution in [3.63, 3.8) is 0 Å². The standard InChI is InChI=1S/C19H22N2O4S2/c1-4-9-20-18(22)19(23)21-12-17(15-6-5-10-26-15)27(24,25)16-11-13(2)7-8-14(16)3/h4-8,10-11,17H,1,9,12H2,2-3H3,(H,20,22)(H,21,23)/t17-/m1/s1. The molecule has 1 heterocycles. The fourth-order valence-corrected chi connectivity index (χ4v) is 5.63. The molecule has 0 aliphatic heterocycles. The van der Waals surface area contributed by atoms with E-state index in [-0.39, 0.29) is 18.0 Å². The van der Waals surface area contributed by atoms with Crippen LogP contribution in [0.4, 0.5) is 0 Å². The zero-order valence-corrected chi connectivity index (χ0v) is 16.8. The fourth-order valence-electron chi connectivity index (χ4n) is 2.52. The van der Waals surface area contributed by atoms with Crippen LogP contribution in [-0.2, 0) is 19.4 Å². The molecule has 2 aromatic rings. The van der Waals surface area contributed by atoms with Crippen LogP contribution in [0.2, 0.25) is 0 Å². The average molecular weight is 407 g/mol. The zero-order valence-electron chi connectivity index (χ0n) is 15.2. The van der Waals surface area contributed by atoms with Crippen molar-refractivity contribution in [1.29, 1.82) is 0 Å². The predicted octanol–water partition coefficient (Wildman–Crippen LogP) is 2.30. The summed E-state index contributed by atoms with van der Waals surface area (Å²) in [6.07, 6.45) is 1.45. The quantitative estimate of drug-likeness (QED) is 0.545. The largest absolute Gasteiger partial charge is 0.346 e. The Kier molecular flexibility index (Phi) is 6.92. The molecule has 0 aliphatic rings. The molecule has 0 unspecified atom stereocenters. The van der Waals surface area contributed by atoms with Crippen molar-refractivity contribution in [2.75, 3.05) is 13.1 Å². The minimum Gasteiger partial charge on any atom is -0.346 e. The number of amides is 2. The van der Waals surface area contributed by atoms with Crippen LogP contribution in [0.25, 0.3) is 0 Å². The smallest absolute Gasteiger partial charge is 0.309 e. The lowest BCUT2D eigenvalue weighted by molar-refractivity contribution is -0.139. The Balaban J connectivity index is 2.30. The van der Waals surface area contributed by atoms with Crippen molar-refractivity contribution in [3.05, 3.63) is 64.4 Å². The normalized spacial score (nSPS) is 12.2. The third-order valence-corrected chi connectivity index (χ3v) is 7.30. The van der Waals surface area contributed by atoms with Crippen molar-refractivity contribution in [3.8, 4) is 0 Å². The molecular weight excluding hydrogens is 384 g/mol. The maximum atomic E-state index is 13.3. The summed E-state index contributed by atoms with van der Waals surface area (Å²) in [7, 11) is -3.77. The van der Waals surface area contributed by atoms with E-state index in [2.05, 4.69) is 17.2 Å². The Morgan fingerprint density at radius 3 is 2.52 bits per heavy atom. The number of thiophene rings is 1. The summed E-state index contributed by atoms with van der Waals surface area (Å²) in [6, 6.07) is 8.70. The first-order valence-electron chi connectivity index (χ1n) is 8.29. The average Bonchev–Trinajstić information content (AvgIpc) is 3.15. The van der Waals surface area contributed by atoms with E-state index in [4.69, 9.17) is 0 Å². The van der Waals surface area contributed by atoms with Gasteiger partial charge in [0.1, 0.15) is 5.25 Å². The van der Waals surface area contributed by atoms with Gasteiger partial charge in [0.05, 0.1) is 4.90 Å². The summed E-state index contributed by atoms with van der Waals surface area (Å²) in [6.45, 7) is 6.97. The van der Waals surface area contributed by atoms with Gasteiger partial charge in [-0.05, 0) is 42.5 Å². The van der Waals surface area contributed by atoms with Crippen LogP contribution in [0.5, 0.6) is 0 Å².